The van der Waals surface area contributed by atoms with E-state index in [0.29, 0.717) is 44.1 Å². The SMILES string of the molecule is CCOc1ccccc1OCCCC(=O)N1CCO[C@H](C(=O)O)C1. The minimum absolute atomic E-state index is 0.0776. The van der Waals surface area contributed by atoms with Crippen molar-refractivity contribution >= 4 is 11.9 Å². The Morgan fingerprint density at radius 3 is 2.67 bits per heavy atom. The minimum Gasteiger partial charge on any atom is -0.490 e. The lowest BCUT2D eigenvalue weighted by atomic mass is 10.2. The number of carboxylic acid groups (broad SMARTS) is 1. The lowest BCUT2D eigenvalue weighted by Gasteiger charge is -2.30. The molecule has 0 spiro atoms. The van der Waals surface area contributed by atoms with Crippen LogP contribution < -0.4 is 9.47 Å². The van der Waals surface area contributed by atoms with Gasteiger partial charge in [0.2, 0.25) is 5.91 Å². The van der Waals surface area contributed by atoms with Gasteiger partial charge < -0.3 is 24.2 Å². The highest BCUT2D eigenvalue weighted by Gasteiger charge is 2.28. The van der Waals surface area contributed by atoms with Gasteiger partial charge in [-0.3, -0.25) is 4.79 Å². The van der Waals surface area contributed by atoms with E-state index in [9.17, 15) is 9.59 Å². The standard InChI is InChI=1S/C17H23NO6/c1-2-22-13-6-3-4-7-14(13)23-10-5-8-16(19)18-9-11-24-15(12-18)17(20)21/h3-4,6-7,15H,2,5,8-12H2,1H3,(H,20,21)/t15-/m0/s1. The van der Waals surface area contributed by atoms with Gasteiger partial charge in [-0.25, -0.2) is 4.79 Å². The van der Waals surface area contributed by atoms with Crippen molar-refractivity contribution < 1.29 is 28.9 Å². The molecule has 1 aromatic rings. The zero-order chi connectivity index (χ0) is 17.4. The van der Waals surface area contributed by atoms with E-state index in [1.54, 1.807) is 0 Å². The molecular formula is C17H23NO6. The molecule has 1 heterocycles. The van der Waals surface area contributed by atoms with Gasteiger partial charge in [0, 0.05) is 13.0 Å². The third-order valence-corrected chi connectivity index (χ3v) is 3.64. The van der Waals surface area contributed by atoms with Crippen molar-refractivity contribution in [3.8, 4) is 11.5 Å². The number of morpholine rings is 1. The fraction of sp³-hybridized carbons (Fsp3) is 0.529. The van der Waals surface area contributed by atoms with E-state index in [1.807, 2.05) is 31.2 Å². The highest BCUT2D eigenvalue weighted by Crippen LogP contribution is 2.26. The van der Waals surface area contributed by atoms with Gasteiger partial charge in [-0.2, -0.15) is 0 Å². The summed E-state index contributed by atoms with van der Waals surface area (Å²) in [6, 6.07) is 7.40. The summed E-state index contributed by atoms with van der Waals surface area (Å²) in [4.78, 5) is 24.6. The van der Waals surface area contributed by atoms with Gasteiger partial charge in [-0.1, -0.05) is 12.1 Å². The van der Waals surface area contributed by atoms with Crippen molar-refractivity contribution in [1.82, 2.24) is 4.90 Å². The fourth-order valence-corrected chi connectivity index (χ4v) is 2.43. The Balaban J connectivity index is 1.74. The average molecular weight is 337 g/mol. The van der Waals surface area contributed by atoms with Crippen LogP contribution in [0.15, 0.2) is 24.3 Å². The number of amides is 1. The molecule has 1 N–H and O–H groups in total. The Hall–Kier alpha value is -2.28. The van der Waals surface area contributed by atoms with Gasteiger partial charge in [-0.15, -0.1) is 0 Å². The van der Waals surface area contributed by atoms with Crippen LogP contribution in [0, 0.1) is 0 Å². The molecule has 0 aliphatic carbocycles. The predicted octanol–water partition coefficient (Wildman–Crippen LogP) is 1.56. The molecule has 2 rings (SSSR count). The van der Waals surface area contributed by atoms with Gasteiger partial charge in [0.05, 0.1) is 26.4 Å². The molecule has 0 aromatic heterocycles. The first-order valence-corrected chi connectivity index (χ1v) is 8.08. The Bertz CT molecular complexity index is 562. The summed E-state index contributed by atoms with van der Waals surface area (Å²) < 4.78 is 16.3. The van der Waals surface area contributed by atoms with Crippen molar-refractivity contribution in [3.63, 3.8) is 0 Å². The number of ether oxygens (including phenoxy) is 3. The molecule has 0 saturated carbocycles. The Labute approximate surface area is 141 Å². The molecule has 7 nitrogen and oxygen atoms in total. The number of hydrogen-bond acceptors (Lipinski definition) is 5. The molecule has 1 amide bonds. The number of para-hydroxylation sites is 2. The van der Waals surface area contributed by atoms with Crippen molar-refractivity contribution in [3.05, 3.63) is 24.3 Å². The van der Waals surface area contributed by atoms with Crippen LogP contribution in [0.1, 0.15) is 19.8 Å². The molecule has 1 aliphatic heterocycles. The maximum absolute atomic E-state index is 12.1. The molecule has 24 heavy (non-hydrogen) atoms. The zero-order valence-corrected chi connectivity index (χ0v) is 13.8. The summed E-state index contributed by atoms with van der Waals surface area (Å²) in [5.41, 5.74) is 0. The Morgan fingerprint density at radius 2 is 2.00 bits per heavy atom. The second-order valence-electron chi connectivity index (χ2n) is 5.37. The maximum Gasteiger partial charge on any atom is 0.334 e. The van der Waals surface area contributed by atoms with Gasteiger partial charge in [-0.05, 0) is 25.5 Å². The highest BCUT2D eigenvalue weighted by molar-refractivity contribution is 5.78. The van der Waals surface area contributed by atoms with Crippen LogP contribution in [0.5, 0.6) is 11.5 Å². The van der Waals surface area contributed by atoms with Crippen molar-refractivity contribution in [2.45, 2.75) is 25.9 Å². The maximum atomic E-state index is 12.1. The quantitative estimate of drug-likeness (QED) is 0.725. The number of benzene rings is 1. The van der Waals surface area contributed by atoms with E-state index in [4.69, 9.17) is 19.3 Å². The Kier molecular flexibility index (Phi) is 6.87. The summed E-state index contributed by atoms with van der Waals surface area (Å²) in [5, 5.41) is 8.95. The third kappa shape index (κ3) is 5.13. The summed E-state index contributed by atoms with van der Waals surface area (Å²) in [7, 11) is 0. The number of carbonyl (C=O) groups excluding carboxylic acids is 1. The average Bonchev–Trinajstić information content (AvgIpc) is 2.60. The lowest BCUT2D eigenvalue weighted by molar-refractivity contribution is -0.159. The monoisotopic (exact) mass is 337 g/mol. The number of aliphatic carboxylic acids is 1. The van der Waals surface area contributed by atoms with E-state index in [1.165, 1.54) is 4.90 Å². The minimum atomic E-state index is -1.04. The predicted molar refractivity (Wildman–Crippen MR) is 86.3 cm³/mol. The zero-order valence-electron chi connectivity index (χ0n) is 13.8. The first-order valence-electron chi connectivity index (χ1n) is 8.08. The van der Waals surface area contributed by atoms with E-state index < -0.39 is 12.1 Å². The molecule has 1 saturated heterocycles. The van der Waals surface area contributed by atoms with Gasteiger partial charge in [0.1, 0.15) is 0 Å². The largest absolute Gasteiger partial charge is 0.490 e. The summed E-state index contributed by atoms with van der Waals surface area (Å²) >= 11 is 0. The van der Waals surface area contributed by atoms with E-state index in [0.717, 1.165) is 0 Å². The molecule has 132 valence electrons. The van der Waals surface area contributed by atoms with Gasteiger partial charge in [0.25, 0.3) is 0 Å². The number of carbonyl (C=O) groups is 2. The fourth-order valence-electron chi connectivity index (χ4n) is 2.43. The molecular weight excluding hydrogens is 314 g/mol. The second kappa shape index (κ2) is 9.12. The first-order chi connectivity index (χ1) is 11.6. The number of rotatable bonds is 8. The summed E-state index contributed by atoms with van der Waals surface area (Å²) in [6.45, 7) is 3.63. The van der Waals surface area contributed by atoms with E-state index in [2.05, 4.69) is 0 Å². The van der Waals surface area contributed by atoms with Crippen LogP contribution in [0.4, 0.5) is 0 Å². The number of hydrogen-bond donors (Lipinski definition) is 1. The first kappa shape index (κ1) is 18.1. The number of nitrogens with zero attached hydrogens (tertiary/aromatic N) is 1. The van der Waals surface area contributed by atoms with E-state index >= 15 is 0 Å². The van der Waals surface area contributed by atoms with Crippen LogP contribution in [0.2, 0.25) is 0 Å². The molecule has 1 fully saturated rings. The lowest BCUT2D eigenvalue weighted by Crippen LogP contribution is -2.48. The topological polar surface area (TPSA) is 85.3 Å². The van der Waals surface area contributed by atoms with Crippen molar-refractivity contribution in [1.29, 1.82) is 0 Å². The molecule has 0 radical (unpaired) electrons. The molecule has 1 atom stereocenters. The third-order valence-electron chi connectivity index (χ3n) is 3.64. The molecule has 1 aliphatic rings. The van der Waals surface area contributed by atoms with Gasteiger partial charge >= 0.3 is 5.97 Å². The van der Waals surface area contributed by atoms with Crippen LogP contribution in [0.3, 0.4) is 0 Å². The second-order valence-corrected chi connectivity index (χ2v) is 5.37. The molecule has 0 bridgehead atoms. The molecule has 7 heteroatoms. The van der Waals surface area contributed by atoms with Gasteiger partial charge in [0.15, 0.2) is 17.6 Å². The smallest absolute Gasteiger partial charge is 0.334 e. The van der Waals surface area contributed by atoms with E-state index in [-0.39, 0.29) is 19.1 Å². The highest BCUT2D eigenvalue weighted by atomic mass is 16.5. The van der Waals surface area contributed by atoms with Crippen LogP contribution in [-0.2, 0) is 14.3 Å². The number of carboxylic acids is 1. The summed E-state index contributed by atoms with van der Waals surface area (Å²) in [6.07, 6.45) is -0.0747. The van der Waals surface area contributed by atoms with Crippen LogP contribution in [0.25, 0.3) is 0 Å². The van der Waals surface area contributed by atoms with Crippen molar-refractivity contribution in [2.24, 2.45) is 0 Å². The van der Waals surface area contributed by atoms with Crippen molar-refractivity contribution in [2.75, 3.05) is 32.9 Å². The summed E-state index contributed by atoms with van der Waals surface area (Å²) in [5.74, 6) is 0.225. The molecule has 0 unspecified atom stereocenters. The van der Waals surface area contributed by atoms with Crippen LogP contribution in [-0.4, -0.2) is 60.9 Å². The normalized spacial score (nSPS) is 17.4. The Morgan fingerprint density at radius 1 is 1.29 bits per heavy atom. The molecule has 1 aromatic carbocycles. The van der Waals surface area contributed by atoms with Crippen LogP contribution >= 0.6 is 0 Å².